The van der Waals surface area contributed by atoms with Gasteiger partial charge in [0, 0.05) is 11.5 Å². The van der Waals surface area contributed by atoms with Gasteiger partial charge < -0.3 is 4.74 Å². The second-order valence-electron chi connectivity index (χ2n) is 5.36. The average Bonchev–Trinajstić information content (AvgIpc) is 2.39. The number of ketones is 1. The van der Waals surface area contributed by atoms with Crippen LogP contribution in [0.3, 0.4) is 0 Å². The molecule has 1 aliphatic carbocycles. The second kappa shape index (κ2) is 7.32. The largest absolute Gasteiger partial charge is 0.494 e. The number of Topliss-reactive ketones (excluding diaryl/α,β-unsaturated/α-hetero) is 1. The molecule has 104 valence electrons. The molecule has 0 amide bonds. The van der Waals surface area contributed by atoms with E-state index in [1.807, 2.05) is 31.2 Å². The number of hydrogen-bond acceptors (Lipinski definition) is 2. The summed E-state index contributed by atoms with van der Waals surface area (Å²) in [5.74, 6) is 1.40. The van der Waals surface area contributed by atoms with Crippen molar-refractivity contribution >= 4 is 5.78 Å². The highest BCUT2D eigenvalue weighted by molar-refractivity contribution is 5.97. The summed E-state index contributed by atoms with van der Waals surface area (Å²) in [6.07, 6.45) is 8.43. The van der Waals surface area contributed by atoms with E-state index in [2.05, 4.69) is 0 Å². The molecule has 0 heterocycles. The highest BCUT2D eigenvalue weighted by atomic mass is 16.5. The summed E-state index contributed by atoms with van der Waals surface area (Å²) >= 11 is 0. The van der Waals surface area contributed by atoms with Gasteiger partial charge in [-0.15, -0.1) is 0 Å². The molecule has 1 aromatic rings. The van der Waals surface area contributed by atoms with Crippen LogP contribution in [0.5, 0.6) is 5.75 Å². The normalized spacial score (nSPS) is 17.5. The Morgan fingerprint density at radius 2 is 1.63 bits per heavy atom. The zero-order chi connectivity index (χ0) is 13.5. The Kier molecular flexibility index (Phi) is 5.44. The molecule has 0 unspecified atom stereocenters. The number of ether oxygens (including phenoxy) is 1. The Hall–Kier alpha value is -1.31. The lowest BCUT2D eigenvalue weighted by molar-refractivity contribution is 0.0898. The molecule has 0 atom stereocenters. The van der Waals surface area contributed by atoms with Gasteiger partial charge in [0.25, 0.3) is 0 Å². The zero-order valence-corrected chi connectivity index (χ0v) is 11.9. The summed E-state index contributed by atoms with van der Waals surface area (Å²) in [4.78, 5) is 12.5. The van der Waals surface area contributed by atoms with E-state index < -0.39 is 0 Å². The van der Waals surface area contributed by atoms with Gasteiger partial charge in [0.15, 0.2) is 5.78 Å². The van der Waals surface area contributed by atoms with Gasteiger partial charge in [0.1, 0.15) is 5.75 Å². The molecule has 0 N–H and O–H groups in total. The quantitative estimate of drug-likeness (QED) is 0.738. The van der Waals surface area contributed by atoms with Crippen LogP contribution in [0.1, 0.15) is 62.2 Å². The fraction of sp³-hybridized carbons (Fsp3) is 0.588. The van der Waals surface area contributed by atoms with Crippen molar-refractivity contribution in [3.63, 3.8) is 0 Å². The lowest BCUT2D eigenvalue weighted by Gasteiger charge is -2.18. The summed E-state index contributed by atoms with van der Waals surface area (Å²) < 4.78 is 5.41. The first kappa shape index (κ1) is 14.1. The first-order chi connectivity index (χ1) is 9.31. The number of carbonyl (C=O) groups is 1. The summed E-state index contributed by atoms with van der Waals surface area (Å²) in [7, 11) is 0. The number of carbonyl (C=O) groups excluding carboxylic acids is 1. The van der Waals surface area contributed by atoms with Gasteiger partial charge in [0.05, 0.1) is 6.61 Å². The average molecular weight is 260 g/mol. The molecule has 1 aromatic carbocycles. The van der Waals surface area contributed by atoms with Crippen molar-refractivity contribution in [3.8, 4) is 5.75 Å². The molecule has 0 spiro atoms. The van der Waals surface area contributed by atoms with Crippen molar-refractivity contribution in [1.82, 2.24) is 0 Å². The van der Waals surface area contributed by atoms with Crippen molar-refractivity contribution in [3.05, 3.63) is 29.8 Å². The van der Waals surface area contributed by atoms with Gasteiger partial charge in [-0.2, -0.15) is 0 Å². The van der Waals surface area contributed by atoms with Crippen LogP contribution in [0.2, 0.25) is 0 Å². The summed E-state index contributed by atoms with van der Waals surface area (Å²) in [6, 6.07) is 7.62. The van der Waals surface area contributed by atoms with Gasteiger partial charge in [-0.1, -0.05) is 32.1 Å². The van der Waals surface area contributed by atoms with E-state index in [1.54, 1.807) is 0 Å². The van der Waals surface area contributed by atoms with Crippen molar-refractivity contribution in [1.29, 1.82) is 0 Å². The van der Waals surface area contributed by atoms with E-state index in [0.717, 1.165) is 24.2 Å². The lowest BCUT2D eigenvalue weighted by Crippen LogP contribution is -2.16. The Labute approximate surface area is 116 Å². The smallest absolute Gasteiger partial charge is 0.165 e. The second-order valence-corrected chi connectivity index (χ2v) is 5.36. The van der Waals surface area contributed by atoms with Crippen LogP contribution in [0.4, 0.5) is 0 Å². The maximum atomic E-state index is 12.5. The molecule has 2 rings (SSSR count). The van der Waals surface area contributed by atoms with Gasteiger partial charge in [-0.25, -0.2) is 0 Å². The summed E-state index contributed by atoms with van der Waals surface area (Å²) in [5, 5.41) is 0. The van der Waals surface area contributed by atoms with Gasteiger partial charge in [0.2, 0.25) is 0 Å². The van der Waals surface area contributed by atoms with Crippen molar-refractivity contribution < 1.29 is 9.53 Å². The van der Waals surface area contributed by atoms with E-state index in [-0.39, 0.29) is 5.92 Å². The highest BCUT2D eigenvalue weighted by Gasteiger charge is 2.20. The molecule has 0 saturated heterocycles. The van der Waals surface area contributed by atoms with Crippen LogP contribution >= 0.6 is 0 Å². The standard InChI is InChI=1S/C17H24O2/c1-2-19-16-12-10-15(11-13-16)17(18)14-8-6-4-3-5-7-9-14/h10-14H,2-9H2,1H3. The minimum Gasteiger partial charge on any atom is -0.494 e. The minimum absolute atomic E-state index is 0.234. The van der Waals surface area contributed by atoms with Gasteiger partial charge in [-0.05, 0) is 44.0 Å². The number of hydrogen-bond donors (Lipinski definition) is 0. The Bertz CT molecular complexity index is 386. The molecule has 1 saturated carbocycles. The molecule has 2 nitrogen and oxygen atoms in total. The summed E-state index contributed by atoms with van der Waals surface area (Å²) in [6.45, 7) is 2.63. The molecular weight excluding hydrogens is 236 g/mol. The zero-order valence-electron chi connectivity index (χ0n) is 11.9. The fourth-order valence-corrected chi connectivity index (χ4v) is 2.84. The lowest BCUT2D eigenvalue weighted by atomic mass is 9.86. The number of benzene rings is 1. The van der Waals surface area contributed by atoms with Crippen LogP contribution < -0.4 is 4.74 Å². The molecule has 1 aliphatic rings. The molecule has 2 heteroatoms. The van der Waals surface area contributed by atoms with Crippen molar-refractivity contribution in [2.75, 3.05) is 6.61 Å². The van der Waals surface area contributed by atoms with Gasteiger partial charge in [-0.3, -0.25) is 4.79 Å². The molecule has 1 fully saturated rings. The van der Waals surface area contributed by atoms with Crippen molar-refractivity contribution in [2.45, 2.75) is 51.9 Å². The van der Waals surface area contributed by atoms with E-state index in [9.17, 15) is 4.79 Å². The maximum absolute atomic E-state index is 12.5. The third-order valence-electron chi connectivity index (χ3n) is 3.93. The SMILES string of the molecule is CCOc1ccc(C(=O)C2CCCCCCC2)cc1. The number of rotatable bonds is 4. The van der Waals surface area contributed by atoms with Crippen LogP contribution in [-0.2, 0) is 0 Å². The Morgan fingerprint density at radius 1 is 1.05 bits per heavy atom. The predicted octanol–water partition coefficient (Wildman–Crippen LogP) is 4.63. The predicted molar refractivity (Wildman–Crippen MR) is 77.8 cm³/mol. The molecule has 0 radical (unpaired) electrons. The monoisotopic (exact) mass is 260 g/mol. The van der Waals surface area contributed by atoms with E-state index in [1.165, 1.54) is 32.1 Å². The molecule has 0 aliphatic heterocycles. The Morgan fingerprint density at radius 3 is 2.21 bits per heavy atom. The molecular formula is C17H24O2. The first-order valence-corrected chi connectivity index (χ1v) is 7.58. The van der Waals surface area contributed by atoms with Crippen LogP contribution in [0.25, 0.3) is 0 Å². The van der Waals surface area contributed by atoms with Crippen molar-refractivity contribution in [2.24, 2.45) is 5.92 Å². The highest BCUT2D eigenvalue weighted by Crippen LogP contribution is 2.26. The fourth-order valence-electron chi connectivity index (χ4n) is 2.84. The maximum Gasteiger partial charge on any atom is 0.165 e. The summed E-state index contributed by atoms with van der Waals surface area (Å²) in [5.41, 5.74) is 0.842. The molecule has 19 heavy (non-hydrogen) atoms. The third-order valence-corrected chi connectivity index (χ3v) is 3.93. The van der Waals surface area contributed by atoms with Crippen LogP contribution in [-0.4, -0.2) is 12.4 Å². The Balaban J connectivity index is 2.00. The van der Waals surface area contributed by atoms with Gasteiger partial charge >= 0.3 is 0 Å². The molecule has 0 bridgehead atoms. The third kappa shape index (κ3) is 4.09. The minimum atomic E-state index is 0.234. The first-order valence-electron chi connectivity index (χ1n) is 7.58. The topological polar surface area (TPSA) is 26.3 Å². The van der Waals surface area contributed by atoms with E-state index in [4.69, 9.17) is 4.74 Å². The van der Waals surface area contributed by atoms with Crippen LogP contribution in [0.15, 0.2) is 24.3 Å². The van der Waals surface area contributed by atoms with E-state index >= 15 is 0 Å². The van der Waals surface area contributed by atoms with E-state index in [0.29, 0.717) is 12.4 Å². The molecule has 0 aromatic heterocycles. The van der Waals surface area contributed by atoms with Crippen LogP contribution in [0, 0.1) is 5.92 Å².